The molecular formula is C19H22N3O3. The van der Waals surface area contributed by atoms with E-state index >= 15 is 0 Å². The minimum absolute atomic E-state index is 0.00792. The molecule has 1 saturated heterocycles. The zero-order chi connectivity index (χ0) is 17.4. The van der Waals surface area contributed by atoms with E-state index in [0.29, 0.717) is 6.54 Å². The highest BCUT2D eigenvalue weighted by Gasteiger charge is 2.32. The van der Waals surface area contributed by atoms with Gasteiger partial charge in [0.15, 0.2) is 0 Å². The van der Waals surface area contributed by atoms with Crippen LogP contribution >= 0.6 is 0 Å². The van der Waals surface area contributed by atoms with Gasteiger partial charge in [-0.2, -0.15) is 0 Å². The number of methoxy groups -OCH3 is 1. The smallest absolute Gasteiger partial charge is 0.234 e. The molecule has 2 aromatic rings. The molecule has 2 aliphatic rings. The van der Waals surface area contributed by atoms with E-state index in [9.17, 15) is 4.79 Å². The second-order valence-corrected chi connectivity index (χ2v) is 6.65. The molecular weight excluding hydrogens is 318 g/mol. The topological polar surface area (TPSA) is 77.7 Å². The fourth-order valence-electron chi connectivity index (χ4n) is 3.81. The van der Waals surface area contributed by atoms with Gasteiger partial charge in [0.2, 0.25) is 5.91 Å². The molecule has 1 radical (unpaired) electrons. The molecule has 3 heterocycles. The Morgan fingerprint density at radius 3 is 3.16 bits per heavy atom. The summed E-state index contributed by atoms with van der Waals surface area (Å²) >= 11 is 0. The summed E-state index contributed by atoms with van der Waals surface area (Å²) in [4.78, 5) is 18.3. The van der Waals surface area contributed by atoms with Crippen molar-refractivity contribution in [1.29, 1.82) is 0 Å². The molecule has 2 N–H and O–H groups in total. The van der Waals surface area contributed by atoms with E-state index < -0.39 is 0 Å². The van der Waals surface area contributed by atoms with Crippen LogP contribution in [0.1, 0.15) is 18.4 Å². The van der Waals surface area contributed by atoms with Crippen molar-refractivity contribution in [2.45, 2.75) is 31.4 Å². The van der Waals surface area contributed by atoms with E-state index in [4.69, 9.17) is 15.2 Å². The van der Waals surface area contributed by atoms with Crippen molar-refractivity contribution >= 4 is 16.8 Å². The van der Waals surface area contributed by atoms with Crippen molar-refractivity contribution in [1.82, 2.24) is 9.88 Å². The third-order valence-corrected chi connectivity index (χ3v) is 5.09. The number of nitrogens with zero attached hydrogens (tertiary/aromatic N) is 2. The second-order valence-electron chi connectivity index (χ2n) is 6.65. The number of hydrogen-bond donors (Lipinski definition) is 1. The third-order valence-electron chi connectivity index (χ3n) is 5.09. The molecule has 25 heavy (non-hydrogen) atoms. The Bertz CT molecular complexity index is 808. The number of benzene rings is 1. The molecule has 6 heteroatoms. The van der Waals surface area contributed by atoms with Gasteiger partial charge in [-0.15, -0.1) is 0 Å². The Kier molecular flexibility index (Phi) is 4.21. The van der Waals surface area contributed by atoms with E-state index in [1.54, 1.807) is 13.3 Å². The van der Waals surface area contributed by atoms with Crippen LogP contribution in [0.25, 0.3) is 10.9 Å². The molecule has 0 aliphatic carbocycles. The molecule has 0 saturated carbocycles. The molecule has 131 valence electrons. The van der Waals surface area contributed by atoms with Gasteiger partial charge in [0.25, 0.3) is 0 Å². The first-order valence-electron chi connectivity index (χ1n) is 8.63. The van der Waals surface area contributed by atoms with Crippen LogP contribution in [0.3, 0.4) is 0 Å². The molecule has 1 amide bonds. The minimum atomic E-state index is -0.261. The highest BCUT2D eigenvalue weighted by Crippen LogP contribution is 2.35. The molecule has 0 spiro atoms. The number of piperidine rings is 1. The van der Waals surface area contributed by atoms with Gasteiger partial charge in [-0.25, -0.2) is 0 Å². The summed E-state index contributed by atoms with van der Waals surface area (Å²) in [7, 11) is 1.66. The van der Waals surface area contributed by atoms with Crippen molar-refractivity contribution in [2.24, 2.45) is 5.73 Å². The third kappa shape index (κ3) is 3.02. The average molecular weight is 340 g/mol. The maximum absolute atomic E-state index is 11.7. The van der Waals surface area contributed by atoms with Crippen LogP contribution in [0.5, 0.6) is 11.5 Å². The molecule has 6 nitrogen and oxygen atoms in total. The molecule has 2 aliphatic heterocycles. The van der Waals surface area contributed by atoms with Crippen LogP contribution in [0.2, 0.25) is 0 Å². The first-order chi connectivity index (χ1) is 12.2. The van der Waals surface area contributed by atoms with Crippen LogP contribution in [0, 0.1) is 6.42 Å². The summed E-state index contributed by atoms with van der Waals surface area (Å²) in [5, 5.41) is 1.07. The van der Waals surface area contributed by atoms with Crippen LogP contribution < -0.4 is 15.2 Å². The van der Waals surface area contributed by atoms with E-state index in [-0.39, 0.29) is 18.1 Å². The molecule has 1 fully saturated rings. The van der Waals surface area contributed by atoms with Gasteiger partial charge >= 0.3 is 0 Å². The van der Waals surface area contributed by atoms with Gasteiger partial charge in [-0.3, -0.25) is 14.7 Å². The molecule has 0 bridgehead atoms. The van der Waals surface area contributed by atoms with Gasteiger partial charge < -0.3 is 15.2 Å². The number of likely N-dealkylation sites (tertiary alicyclic amines) is 1. The Hall–Kier alpha value is -2.34. The van der Waals surface area contributed by atoms with E-state index in [2.05, 4.69) is 16.3 Å². The quantitative estimate of drug-likeness (QED) is 0.917. The predicted octanol–water partition coefficient (Wildman–Crippen LogP) is 1.70. The number of pyridine rings is 1. The number of nitrogens with two attached hydrogens (primary N) is 1. The van der Waals surface area contributed by atoms with E-state index in [1.165, 1.54) is 0 Å². The first kappa shape index (κ1) is 16.1. The highest BCUT2D eigenvalue weighted by atomic mass is 16.5. The number of ether oxygens (including phenoxy) is 2. The van der Waals surface area contributed by atoms with Gasteiger partial charge in [0, 0.05) is 23.9 Å². The molecule has 1 aromatic carbocycles. The fourth-order valence-corrected chi connectivity index (χ4v) is 3.81. The lowest BCUT2D eigenvalue weighted by molar-refractivity contribution is -0.124. The number of aromatic nitrogens is 1. The SMILES string of the molecule is COc1ccc2ncc3c(c2c1)CC(CN1CC[CH]CC1C(N)=O)O3. The van der Waals surface area contributed by atoms with Gasteiger partial charge in [0.05, 0.1) is 24.9 Å². The lowest BCUT2D eigenvalue weighted by Crippen LogP contribution is -2.50. The lowest BCUT2D eigenvalue weighted by atomic mass is 9.99. The van der Waals surface area contributed by atoms with Crippen LogP contribution in [-0.4, -0.2) is 48.1 Å². The van der Waals surface area contributed by atoms with Crippen molar-refractivity contribution in [3.8, 4) is 11.5 Å². The lowest BCUT2D eigenvalue weighted by Gasteiger charge is -2.34. The normalized spacial score (nSPS) is 23.2. The number of fused-ring (bicyclic) bond motifs is 3. The number of primary amides is 1. The largest absolute Gasteiger partial charge is 0.497 e. The Morgan fingerprint density at radius 2 is 2.36 bits per heavy atom. The van der Waals surface area contributed by atoms with E-state index in [0.717, 1.165) is 53.8 Å². The van der Waals surface area contributed by atoms with Crippen LogP contribution in [0.15, 0.2) is 24.4 Å². The zero-order valence-electron chi connectivity index (χ0n) is 14.3. The molecule has 1 aromatic heterocycles. The Balaban J connectivity index is 1.56. The van der Waals surface area contributed by atoms with Gasteiger partial charge in [0.1, 0.15) is 17.6 Å². The highest BCUT2D eigenvalue weighted by molar-refractivity contribution is 5.86. The average Bonchev–Trinajstić information content (AvgIpc) is 3.04. The summed E-state index contributed by atoms with van der Waals surface area (Å²) in [6.07, 6.45) is 6.43. The Morgan fingerprint density at radius 1 is 1.48 bits per heavy atom. The maximum Gasteiger partial charge on any atom is 0.234 e. The summed E-state index contributed by atoms with van der Waals surface area (Å²) in [6.45, 7) is 1.54. The molecule has 2 atom stereocenters. The monoisotopic (exact) mass is 340 g/mol. The van der Waals surface area contributed by atoms with Crippen molar-refractivity contribution in [3.05, 3.63) is 36.4 Å². The minimum Gasteiger partial charge on any atom is -0.497 e. The standard InChI is InChI=1S/C19H22N3O3/c1-24-12-5-6-16-14(8-12)15-9-13(25-18(15)10-21-16)11-22-7-3-2-4-17(22)19(20)23/h2,5-6,8,10,13,17H,3-4,7,9,11H2,1H3,(H2,20,23). The van der Waals surface area contributed by atoms with Gasteiger partial charge in [-0.1, -0.05) is 0 Å². The van der Waals surface area contributed by atoms with Gasteiger partial charge in [-0.05, 0) is 44.0 Å². The van der Waals surface area contributed by atoms with Crippen molar-refractivity contribution in [3.63, 3.8) is 0 Å². The van der Waals surface area contributed by atoms with Crippen LogP contribution in [0.4, 0.5) is 0 Å². The molecule has 2 unspecified atom stereocenters. The fraction of sp³-hybridized carbons (Fsp3) is 0.421. The number of carbonyl (C=O) groups excluding carboxylic acids is 1. The van der Waals surface area contributed by atoms with E-state index in [1.807, 2.05) is 18.2 Å². The molecule has 4 rings (SSSR count). The van der Waals surface area contributed by atoms with Crippen LogP contribution in [-0.2, 0) is 11.2 Å². The number of hydrogen-bond acceptors (Lipinski definition) is 5. The summed E-state index contributed by atoms with van der Waals surface area (Å²) in [6, 6.07) is 5.66. The predicted molar refractivity (Wildman–Crippen MR) is 94.5 cm³/mol. The number of carbonyl (C=O) groups is 1. The van der Waals surface area contributed by atoms with Crippen molar-refractivity contribution in [2.75, 3.05) is 20.2 Å². The Labute approximate surface area is 146 Å². The summed E-state index contributed by atoms with van der Waals surface area (Å²) in [5.41, 5.74) is 7.65. The summed E-state index contributed by atoms with van der Waals surface area (Å²) < 4.78 is 11.5. The number of rotatable bonds is 4. The second kappa shape index (κ2) is 6.52. The van der Waals surface area contributed by atoms with Crippen molar-refractivity contribution < 1.29 is 14.3 Å². The summed E-state index contributed by atoms with van der Waals surface area (Å²) in [5.74, 6) is 1.37. The number of amides is 1. The maximum atomic E-state index is 11.7. The zero-order valence-corrected chi connectivity index (χ0v) is 14.3. The first-order valence-corrected chi connectivity index (χ1v) is 8.63.